The van der Waals surface area contributed by atoms with E-state index in [1.54, 1.807) is 12.1 Å². The first-order valence-corrected chi connectivity index (χ1v) is 9.33. The molecule has 1 unspecified atom stereocenters. The van der Waals surface area contributed by atoms with Crippen molar-refractivity contribution in [1.82, 2.24) is 15.5 Å². The number of aromatic nitrogens is 2. The van der Waals surface area contributed by atoms with Gasteiger partial charge in [-0.15, -0.1) is 0 Å². The summed E-state index contributed by atoms with van der Waals surface area (Å²) in [6.45, 7) is 1.83. The Labute approximate surface area is 167 Å². The third-order valence-corrected chi connectivity index (χ3v) is 4.78. The molecule has 0 fully saturated rings. The molecule has 5 nitrogen and oxygen atoms in total. The zero-order chi connectivity index (χ0) is 19.5. The minimum absolute atomic E-state index is 0.0957. The predicted molar refractivity (Wildman–Crippen MR) is 109 cm³/mol. The highest BCUT2D eigenvalue weighted by molar-refractivity contribution is 6.30. The molecule has 0 aliphatic heterocycles. The summed E-state index contributed by atoms with van der Waals surface area (Å²) in [6, 6.07) is 20.8. The molecular weight excluding hydrogens is 374 g/mol. The Morgan fingerprint density at radius 3 is 2.64 bits per heavy atom. The predicted octanol–water partition coefficient (Wildman–Crippen LogP) is 4.96. The van der Waals surface area contributed by atoms with Crippen molar-refractivity contribution in [3.63, 3.8) is 0 Å². The van der Waals surface area contributed by atoms with Crippen molar-refractivity contribution < 1.29 is 9.32 Å². The molecule has 140 valence electrons. The fourth-order valence-corrected chi connectivity index (χ4v) is 3.22. The lowest BCUT2D eigenvalue weighted by Gasteiger charge is -2.11. The lowest BCUT2D eigenvalue weighted by Crippen LogP contribution is -2.28. The third-order valence-electron chi connectivity index (χ3n) is 4.53. The first-order chi connectivity index (χ1) is 13.6. The van der Waals surface area contributed by atoms with Crippen LogP contribution in [-0.2, 0) is 11.2 Å². The van der Waals surface area contributed by atoms with Crippen molar-refractivity contribution in [2.45, 2.75) is 19.4 Å². The van der Waals surface area contributed by atoms with Crippen LogP contribution in [0.3, 0.4) is 0 Å². The van der Waals surface area contributed by atoms with Crippen LogP contribution < -0.4 is 5.32 Å². The van der Waals surface area contributed by atoms with Gasteiger partial charge in [0.25, 0.3) is 5.89 Å². The Balaban J connectivity index is 1.45. The van der Waals surface area contributed by atoms with Crippen LogP contribution in [0.25, 0.3) is 22.2 Å². The molecule has 1 heterocycles. The number of fused-ring (bicyclic) bond motifs is 1. The molecule has 1 atom stereocenters. The standard InChI is InChI=1S/C22H18ClN3O2/c1-14(21-25-22(28-26-21)16-9-11-18(23)12-10-16)24-20(27)13-17-7-4-6-15-5-2-3-8-19(15)17/h2-12,14H,13H2,1H3,(H,24,27). The number of halogens is 1. The number of amides is 1. The number of nitrogens with one attached hydrogen (secondary N) is 1. The van der Waals surface area contributed by atoms with E-state index in [1.807, 2.05) is 61.5 Å². The van der Waals surface area contributed by atoms with Crippen molar-refractivity contribution in [3.8, 4) is 11.5 Å². The molecule has 28 heavy (non-hydrogen) atoms. The molecule has 0 saturated carbocycles. The van der Waals surface area contributed by atoms with Gasteiger partial charge in [-0.05, 0) is 47.5 Å². The van der Waals surface area contributed by atoms with Gasteiger partial charge in [-0.2, -0.15) is 4.98 Å². The van der Waals surface area contributed by atoms with Gasteiger partial charge in [0, 0.05) is 10.6 Å². The summed E-state index contributed by atoms with van der Waals surface area (Å²) in [5, 5.41) is 9.76. The number of rotatable bonds is 5. The molecule has 1 amide bonds. The fraction of sp³-hybridized carbons (Fsp3) is 0.136. The molecule has 4 rings (SSSR count). The summed E-state index contributed by atoms with van der Waals surface area (Å²) in [6.07, 6.45) is 0.285. The van der Waals surface area contributed by atoms with Gasteiger partial charge in [-0.25, -0.2) is 0 Å². The van der Waals surface area contributed by atoms with E-state index in [9.17, 15) is 4.79 Å². The summed E-state index contributed by atoms with van der Waals surface area (Å²) in [5.74, 6) is 0.722. The van der Waals surface area contributed by atoms with Crippen molar-refractivity contribution in [3.05, 3.63) is 83.1 Å². The highest BCUT2D eigenvalue weighted by atomic mass is 35.5. The summed E-state index contributed by atoms with van der Waals surface area (Å²) >= 11 is 5.90. The number of carbonyl (C=O) groups excluding carboxylic acids is 1. The molecule has 0 radical (unpaired) electrons. The normalized spacial score (nSPS) is 12.1. The van der Waals surface area contributed by atoms with E-state index in [4.69, 9.17) is 16.1 Å². The van der Waals surface area contributed by atoms with Gasteiger partial charge in [0.1, 0.15) is 0 Å². The van der Waals surface area contributed by atoms with Gasteiger partial charge in [0.05, 0.1) is 12.5 Å². The van der Waals surface area contributed by atoms with Crippen LogP contribution in [-0.4, -0.2) is 16.0 Å². The minimum Gasteiger partial charge on any atom is -0.346 e. The Bertz CT molecular complexity index is 1120. The molecule has 1 aromatic heterocycles. The van der Waals surface area contributed by atoms with Crippen molar-refractivity contribution >= 4 is 28.3 Å². The highest BCUT2D eigenvalue weighted by Gasteiger charge is 2.17. The second-order valence-corrected chi connectivity index (χ2v) is 7.01. The number of hydrogen-bond donors (Lipinski definition) is 1. The van der Waals surface area contributed by atoms with Crippen LogP contribution in [0.5, 0.6) is 0 Å². The monoisotopic (exact) mass is 391 g/mol. The third kappa shape index (κ3) is 3.89. The van der Waals surface area contributed by atoms with Crippen molar-refractivity contribution in [2.75, 3.05) is 0 Å². The Hall–Kier alpha value is -3.18. The maximum Gasteiger partial charge on any atom is 0.257 e. The van der Waals surface area contributed by atoms with E-state index in [1.165, 1.54) is 0 Å². The summed E-state index contributed by atoms with van der Waals surface area (Å²) in [4.78, 5) is 16.9. The van der Waals surface area contributed by atoms with Crippen molar-refractivity contribution in [2.24, 2.45) is 0 Å². The topological polar surface area (TPSA) is 68.0 Å². The first kappa shape index (κ1) is 18.2. The molecule has 0 saturated heterocycles. The van der Waals surface area contributed by atoms with E-state index in [-0.39, 0.29) is 18.4 Å². The second kappa shape index (κ2) is 7.82. The molecule has 0 spiro atoms. The quantitative estimate of drug-likeness (QED) is 0.522. The second-order valence-electron chi connectivity index (χ2n) is 6.57. The summed E-state index contributed by atoms with van der Waals surface area (Å²) in [5.41, 5.74) is 1.76. The lowest BCUT2D eigenvalue weighted by molar-refractivity contribution is -0.121. The maximum atomic E-state index is 12.5. The van der Waals surface area contributed by atoms with Crippen molar-refractivity contribution in [1.29, 1.82) is 0 Å². The van der Waals surface area contributed by atoms with Gasteiger partial charge in [-0.1, -0.05) is 59.2 Å². The van der Waals surface area contributed by atoms with Crippen LogP contribution in [0, 0.1) is 0 Å². The van der Waals surface area contributed by atoms with Gasteiger partial charge in [0.15, 0.2) is 5.82 Å². The van der Waals surface area contributed by atoms with E-state index < -0.39 is 0 Å². The average Bonchev–Trinajstić information content (AvgIpc) is 3.19. The van der Waals surface area contributed by atoms with Crippen LogP contribution >= 0.6 is 11.6 Å². The molecule has 0 aliphatic carbocycles. The number of hydrogen-bond acceptors (Lipinski definition) is 4. The van der Waals surface area contributed by atoms with Crippen LogP contribution in [0.2, 0.25) is 5.02 Å². The zero-order valence-corrected chi connectivity index (χ0v) is 16.0. The smallest absolute Gasteiger partial charge is 0.257 e. The number of carbonyl (C=O) groups is 1. The number of benzene rings is 3. The molecule has 6 heteroatoms. The maximum absolute atomic E-state index is 12.5. The SMILES string of the molecule is CC(NC(=O)Cc1cccc2ccccc12)c1noc(-c2ccc(Cl)cc2)n1. The van der Waals surface area contributed by atoms with E-state index >= 15 is 0 Å². The van der Waals surface area contributed by atoms with Gasteiger partial charge in [-0.3, -0.25) is 4.79 Å². The first-order valence-electron chi connectivity index (χ1n) is 8.96. The van der Waals surface area contributed by atoms with E-state index in [0.29, 0.717) is 16.7 Å². The Morgan fingerprint density at radius 2 is 1.82 bits per heavy atom. The van der Waals surface area contributed by atoms with Gasteiger partial charge in [0.2, 0.25) is 5.91 Å². The number of nitrogens with zero attached hydrogens (tertiary/aromatic N) is 2. The molecule has 0 aliphatic rings. The Kier molecular flexibility index (Phi) is 5.08. The van der Waals surface area contributed by atoms with Gasteiger partial charge < -0.3 is 9.84 Å². The fourth-order valence-electron chi connectivity index (χ4n) is 3.10. The molecule has 3 aromatic carbocycles. The largest absolute Gasteiger partial charge is 0.346 e. The lowest BCUT2D eigenvalue weighted by atomic mass is 10.0. The molecular formula is C22H18ClN3O2. The zero-order valence-electron chi connectivity index (χ0n) is 15.2. The Morgan fingerprint density at radius 1 is 1.07 bits per heavy atom. The molecule has 1 N–H and O–H groups in total. The van der Waals surface area contributed by atoms with Crippen LogP contribution in [0.4, 0.5) is 0 Å². The average molecular weight is 392 g/mol. The highest BCUT2D eigenvalue weighted by Crippen LogP contribution is 2.22. The minimum atomic E-state index is -0.368. The van der Waals surface area contributed by atoms with E-state index in [0.717, 1.165) is 21.9 Å². The van der Waals surface area contributed by atoms with Gasteiger partial charge >= 0.3 is 0 Å². The van der Waals surface area contributed by atoms with E-state index in [2.05, 4.69) is 15.5 Å². The molecule has 0 bridgehead atoms. The van der Waals surface area contributed by atoms with Crippen LogP contribution in [0.1, 0.15) is 24.4 Å². The summed E-state index contributed by atoms with van der Waals surface area (Å²) < 4.78 is 5.31. The summed E-state index contributed by atoms with van der Waals surface area (Å²) in [7, 11) is 0. The molecule has 4 aromatic rings. The van der Waals surface area contributed by atoms with Crippen LogP contribution in [0.15, 0.2) is 71.3 Å².